The number of sulfonamides is 1. The lowest BCUT2D eigenvalue weighted by Gasteiger charge is -2.15. The number of carbonyl (C=O) groups is 2. The van der Waals surface area contributed by atoms with E-state index in [2.05, 4.69) is 5.32 Å². The van der Waals surface area contributed by atoms with Crippen molar-refractivity contribution in [3.8, 4) is 0 Å². The van der Waals surface area contributed by atoms with Gasteiger partial charge in [-0.3, -0.25) is 4.79 Å². The highest BCUT2D eigenvalue weighted by molar-refractivity contribution is 7.89. The van der Waals surface area contributed by atoms with E-state index in [-0.39, 0.29) is 16.6 Å². The number of amides is 1. The number of nitrogens with zero attached hydrogens (tertiary/aromatic N) is 1. The first kappa shape index (κ1) is 22.3. The van der Waals surface area contributed by atoms with Crippen LogP contribution in [0, 0.1) is 0 Å². The molecule has 0 aromatic heterocycles. The number of ether oxygens (including phenoxy) is 2. The molecule has 1 aliphatic heterocycles. The van der Waals surface area contributed by atoms with E-state index in [9.17, 15) is 18.0 Å². The van der Waals surface area contributed by atoms with Crippen molar-refractivity contribution in [1.82, 2.24) is 9.62 Å². The number of nitrogens with one attached hydrogen (secondary N) is 1. The first-order valence-corrected chi connectivity index (χ1v) is 10.9. The Balaban J connectivity index is 1.77. The van der Waals surface area contributed by atoms with Crippen LogP contribution in [0.4, 0.5) is 0 Å². The maximum Gasteiger partial charge on any atom is 0.338 e. The minimum Gasteiger partial charge on any atom is -0.452 e. The van der Waals surface area contributed by atoms with Gasteiger partial charge in [0.1, 0.15) is 0 Å². The summed E-state index contributed by atoms with van der Waals surface area (Å²) in [6.07, 6.45) is 2.53. The van der Waals surface area contributed by atoms with Crippen molar-refractivity contribution in [1.29, 1.82) is 0 Å². The van der Waals surface area contributed by atoms with Crippen molar-refractivity contribution < 1.29 is 27.5 Å². The van der Waals surface area contributed by atoms with Crippen LogP contribution in [0.1, 0.15) is 43.5 Å². The number of benzene rings is 1. The summed E-state index contributed by atoms with van der Waals surface area (Å²) in [6, 6.07) is 5.57. The summed E-state index contributed by atoms with van der Waals surface area (Å²) < 4.78 is 36.7. The van der Waals surface area contributed by atoms with Gasteiger partial charge in [-0.2, -0.15) is 4.31 Å². The number of hydrogen-bond donors (Lipinski definition) is 1. The summed E-state index contributed by atoms with van der Waals surface area (Å²) in [5.74, 6) is -1.07. The Bertz CT molecular complexity index is 755. The summed E-state index contributed by atoms with van der Waals surface area (Å²) in [6.45, 7) is 5.50. The molecule has 8 nitrogen and oxygen atoms in total. The van der Waals surface area contributed by atoms with E-state index in [1.54, 1.807) is 0 Å². The molecule has 0 saturated carbocycles. The van der Waals surface area contributed by atoms with Crippen molar-refractivity contribution in [2.24, 2.45) is 0 Å². The normalized spacial score (nSPS) is 15.0. The van der Waals surface area contributed by atoms with Crippen LogP contribution in [0.2, 0.25) is 0 Å². The smallest absolute Gasteiger partial charge is 0.338 e. The van der Waals surface area contributed by atoms with Crippen molar-refractivity contribution in [2.45, 2.75) is 44.1 Å². The zero-order valence-corrected chi connectivity index (χ0v) is 17.2. The lowest BCUT2D eigenvalue weighted by molar-refractivity contribution is -0.124. The molecule has 0 atom stereocenters. The maximum absolute atomic E-state index is 12.5. The third-order valence-electron chi connectivity index (χ3n) is 4.22. The Hall–Kier alpha value is -1.97. The van der Waals surface area contributed by atoms with Gasteiger partial charge in [0, 0.05) is 26.2 Å². The van der Waals surface area contributed by atoms with E-state index >= 15 is 0 Å². The monoisotopic (exact) mass is 412 g/mol. The molecule has 1 amide bonds. The number of esters is 1. The standard InChI is InChI=1S/C19H28N2O6S/c1-15(2)26-13-5-10-20-18(22)14-27-19(23)16-6-8-17(9-7-16)28(24,25)21-11-3-4-12-21/h6-9,15H,3-5,10-14H2,1-2H3,(H,20,22). The summed E-state index contributed by atoms with van der Waals surface area (Å²) in [5.41, 5.74) is 0.193. The lowest BCUT2D eigenvalue weighted by Crippen LogP contribution is -2.30. The van der Waals surface area contributed by atoms with Gasteiger partial charge < -0.3 is 14.8 Å². The molecule has 0 bridgehead atoms. The topological polar surface area (TPSA) is 102 Å². The van der Waals surface area contributed by atoms with Crippen LogP contribution >= 0.6 is 0 Å². The van der Waals surface area contributed by atoms with Gasteiger partial charge in [0.15, 0.2) is 6.61 Å². The zero-order valence-electron chi connectivity index (χ0n) is 16.3. The van der Waals surface area contributed by atoms with E-state index in [1.807, 2.05) is 13.8 Å². The fourth-order valence-corrected chi connectivity index (χ4v) is 4.24. The number of rotatable bonds is 10. The highest BCUT2D eigenvalue weighted by atomic mass is 32.2. The fraction of sp³-hybridized carbons (Fsp3) is 0.579. The highest BCUT2D eigenvalue weighted by Crippen LogP contribution is 2.21. The quantitative estimate of drug-likeness (QED) is 0.462. The predicted octanol–water partition coefficient (Wildman–Crippen LogP) is 1.56. The average molecular weight is 413 g/mol. The maximum atomic E-state index is 12.5. The van der Waals surface area contributed by atoms with Gasteiger partial charge in [-0.15, -0.1) is 0 Å². The molecule has 0 spiro atoms. The summed E-state index contributed by atoms with van der Waals surface area (Å²) >= 11 is 0. The number of hydrogen-bond acceptors (Lipinski definition) is 6. The molecule has 1 aromatic carbocycles. The van der Waals surface area contributed by atoms with Crippen LogP contribution in [0.5, 0.6) is 0 Å². The van der Waals surface area contributed by atoms with Gasteiger partial charge in [-0.1, -0.05) is 0 Å². The molecule has 0 unspecified atom stereocenters. The van der Waals surface area contributed by atoms with Crippen LogP contribution in [-0.2, 0) is 24.3 Å². The average Bonchev–Trinajstić information content (AvgIpc) is 3.21. The fourth-order valence-electron chi connectivity index (χ4n) is 2.73. The summed E-state index contributed by atoms with van der Waals surface area (Å²) in [4.78, 5) is 23.9. The molecule has 0 aliphatic carbocycles. The molecule has 156 valence electrons. The van der Waals surface area contributed by atoms with Gasteiger partial charge in [-0.05, 0) is 57.4 Å². The largest absolute Gasteiger partial charge is 0.452 e. The second kappa shape index (κ2) is 10.5. The second-order valence-corrected chi connectivity index (χ2v) is 8.77. The molecular weight excluding hydrogens is 384 g/mol. The Morgan fingerprint density at radius 2 is 1.79 bits per heavy atom. The van der Waals surface area contributed by atoms with Gasteiger partial charge in [-0.25, -0.2) is 13.2 Å². The molecule has 1 fully saturated rings. The Morgan fingerprint density at radius 3 is 2.39 bits per heavy atom. The Morgan fingerprint density at radius 1 is 1.14 bits per heavy atom. The summed E-state index contributed by atoms with van der Waals surface area (Å²) in [5, 5.41) is 2.64. The molecule has 2 rings (SSSR count). The summed E-state index contributed by atoms with van der Waals surface area (Å²) in [7, 11) is -3.52. The number of carbonyl (C=O) groups excluding carboxylic acids is 2. The molecule has 0 radical (unpaired) electrons. The molecule has 1 aromatic rings. The van der Waals surface area contributed by atoms with Crippen LogP contribution in [0.15, 0.2) is 29.2 Å². The van der Waals surface area contributed by atoms with Crippen molar-refractivity contribution in [3.05, 3.63) is 29.8 Å². The van der Waals surface area contributed by atoms with Crippen LogP contribution in [-0.4, -0.2) is 63.6 Å². The van der Waals surface area contributed by atoms with Gasteiger partial charge in [0.25, 0.3) is 5.91 Å². The Kier molecular flexibility index (Phi) is 8.40. The van der Waals surface area contributed by atoms with Crippen LogP contribution in [0.25, 0.3) is 0 Å². The van der Waals surface area contributed by atoms with Crippen molar-refractivity contribution in [3.63, 3.8) is 0 Å². The first-order chi connectivity index (χ1) is 13.3. The van der Waals surface area contributed by atoms with Crippen molar-refractivity contribution in [2.75, 3.05) is 32.8 Å². The molecular formula is C19H28N2O6S. The van der Waals surface area contributed by atoms with Gasteiger partial charge >= 0.3 is 5.97 Å². The van der Waals surface area contributed by atoms with E-state index in [0.717, 1.165) is 12.8 Å². The molecule has 1 heterocycles. The van der Waals surface area contributed by atoms with Crippen LogP contribution in [0.3, 0.4) is 0 Å². The lowest BCUT2D eigenvalue weighted by atomic mass is 10.2. The molecule has 28 heavy (non-hydrogen) atoms. The highest BCUT2D eigenvalue weighted by Gasteiger charge is 2.27. The van der Waals surface area contributed by atoms with Crippen LogP contribution < -0.4 is 5.32 Å². The minimum atomic E-state index is -3.52. The third kappa shape index (κ3) is 6.57. The van der Waals surface area contributed by atoms with Crippen molar-refractivity contribution >= 4 is 21.9 Å². The van der Waals surface area contributed by atoms with Gasteiger partial charge in [0.2, 0.25) is 10.0 Å². The van der Waals surface area contributed by atoms with E-state index in [4.69, 9.17) is 9.47 Å². The first-order valence-electron chi connectivity index (χ1n) is 9.46. The predicted molar refractivity (Wildman–Crippen MR) is 103 cm³/mol. The SMILES string of the molecule is CC(C)OCCCNC(=O)COC(=O)c1ccc(S(=O)(=O)N2CCCC2)cc1. The molecule has 1 aliphatic rings. The Labute approximate surface area is 166 Å². The van der Waals surface area contributed by atoms with Gasteiger partial charge in [0.05, 0.1) is 16.6 Å². The van der Waals surface area contributed by atoms with E-state index in [0.29, 0.717) is 32.7 Å². The molecule has 1 N–H and O–H groups in total. The molecule has 1 saturated heterocycles. The zero-order chi connectivity index (χ0) is 20.6. The van der Waals surface area contributed by atoms with E-state index < -0.39 is 28.5 Å². The minimum absolute atomic E-state index is 0.146. The molecule has 9 heteroatoms. The van der Waals surface area contributed by atoms with E-state index in [1.165, 1.54) is 28.6 Å². The second-order valence-electron chi connectivity index (χ2n) is 6.83. The third-order valence-corrected chi connectivity index (χ3v) is 6.13.